The predicted molar refractivity (Wildman–Crippen MR) is 76.5 cm³/mol. The van der Waals surface area contributed by atoms with Gasteiger partial charge in [-0.25, -0.2) is 8.78 Å². The predicted octanol–water partition coefficient (Wildman–Crippen LogP) is 4.60. The molecule has 3 heteroatoms. The van der Waals surface area contributed by atoms with Crippen LogP contribution in [0.25, 0.3) is 0 Å². The number of benzene rings is 1. The van der Waals surface area contributed by atoms with Gasteiger partial charge < -0.3 is 5.11 Å². The topological polar surface area (TPSA) is 20.2 Å². The number of aliphatic hydroxyl groups is 1. The van der Waals surface area contributed by atoms with Crippen LogP contribution in [-0.2, 0) is 0 Å². The van der Waals surface area contributed by atoms with Gasteiger partial charge in [-0.1, -0.05) is 13.0 Å². The molecule has 1 N–H and O–H groups in total. The van der Waals surface area contributed by atoms with Crippen LogP contribution in [-0.4, -0.2) is 5.11 Å². The third-order valence-electron chi connectivity index (χ3n) is 6.25. The van der Waals surface area contributed by atoms with Crippen molar-refractivity contribution in [2.75, 3.05) is 0 Å². The standard InChI is InChI=1S/C18H22F2O/c1-17-6-11-5-12(7-17)9-18(8-11,10-17)16(21)15-13(19)3-2-4-14(15)20/h2-4,11-12,16,21H,5-10H2,1H3. The normalized spacial score (nSPS) is 42.3. The van der Waals surface area contributed by atoms with E-state index in [1.807, 2.05) is 0 Å². The van der Waals surface area contributed by atoms with Gasteiger partial charge in [-0.05, 0) is 67.9 Å². The molecule has 4 bridgehead atoms. The highest BCUT2D eigenvalue weighted by Crippen LogP contribution is 2.68. The lowest BCUT2D eigenvalue weighted by Gasteiger charge is -2.62. The first kappa shape index (κ1) is 13.7. The second-order valence-electron chi connectivity index (χ2n) is 8.17. The molecular weight excluding hydrogens is 270 g/mol. The fourth-order valence-corrected chi connectivity index (χ4v) is 6.20. The molecule has 4 fully saturated rings. The molecule has 1 aromatic rings. The van der Waals surface area contributed by atoms with Crippen molar-refractivity contribution >= 4 is 0 Å². The number of aliphatic hydroxyl groups excluding tert-OH is 1. The van der Waals surface area contributed by atoms with Crippen LogP contribution in [0.4, 0.5) is 8.78 Å². The van der Waals surface area contributed by atoms with Crippen molar-refractivity contribution in [1.82, 2.24) is 0 Å². The van der Waals surface area contributed by atoms with Crippen LogP contribution in [0.3, 0.4) is 0 Å². The minimum atomic E-state index is -1.01. The maximum atomic E-state index is 14.1. The van der Waals surface area contributed by atoms with Crippen molar-refractivity contribution in [2.45, 2.75) is 51.6 Å². The zero-order chi connectivity index (χ0) is 14.8. The zero-order valence-electron chi connectivity index (χ0n) is 12.4. The lowest BCUT2D eigenvalue weighted by Crippen LogP contribution is -2.53. The molecule has 1 nitrogen and oxygen atoms in total. The minimum absolute atomic E-state index is 0.108. The third-order valence-corrected chi connectivity index (χ3v) is 6.25. The summed E-state index contributed by atoms with van der Waals surface area (Å²) < 4.78 is 28.2. The highest BCUT2D eigenvalue weighted by Gasteiger charge is 2.58. The van der Waals surface area contributed by atoms with Crippen molar-refractivity contribution in [2.24, 2.45) is 22.7 Å². The molecule has 4 aliphatic carbocycles. The van der Waals surface area contributed by atoms with Crippen molar-refractivity contribution < 1.29 is 13.9 Å². The molecule has 0 radical (unpaired) electrons. The molecule has 5 rings (SSSR count). The minimum Gasteiger partial charge on any atom is -0.388 e. The van der Waals surface area contributed by atoms with Gasteiger partial charge in [0.05, 0.1) is 11.7 Å². The summed E-state index contributed by atoms with van der Waals surface area (Å²) in [5.41, 5.74) is -0.169. The van der Waals surface area contributed by atoms with Crippen molar-refractivity contribution in [3.8, 4) is 0 Å². The molecule has 0 aromatic heterocycles. The van der Waals surface area contributed by atoms with Crippen LogP contribution in [0.2, 0.25) is 0 Å². The third kappa shape index (κ3) is 1.97. The van der Waals surface area contributed by atoms with Gasteiger partial charge in [0.15, 0.2) is 0 Å². The maximum Gasteiger partial charge on any atom is 0.131 e. The summed E-state index contributed by atoms with van der Waals surface area (Å²) in [6, 6.07) is 3.87. The van der Waals surface area contributed by atoms with E-state index in [0.717, 1.165) is 19.3 Å². The second-order valence-corrected chi connectivity index (χ2v) is 8.17. The fraction of sp³-hybridized carbons (Fsp3) is 0.667. The van der Waals surface area contributed by atoms with E-state index < -0.39 is 17.7 Å². The van der Waals surface area contributed by atoms with Crippen LogP contribution in [0.5, 0.6) is 0 Å². The summed E-state index contributed by atoms with van der Waals surface area (Å²) >= 11 is 0. The Morgan fingerprint density at radius 3 is 2.19 bits per heavy atom. The number of halogens is 2. The highest BCUT2D eigenvalue weighted by molar-refractivity contribution is 5.26. The van der Waals surface area contributed by atoms with Crippen LogP contribution < -0.4 is 0 Å². The average molecular weight is 292 g/mol. The van der Waals surface area contributed by atoms with E-state index in [4.69, 9.17) is 0 Å². The Hall–Kier alpha value is -0.960. The SMILES string of the molecule is CC12CC3CC(C1)CC(C(O)c1c(F)cccc1F)(C3)C2. The van der Waals surface area contributed by atoms with Gasteiger partial charge in [-0.2, -0.15) is 0 Å². The molecule has 21 heavy (non-hydrogen) atoms. The Balaban J connectivity index is 1.76. The first-order valence-corrected chi connectivity index (χ1v) is 8.03. The molecule has 1 aromatic carbocycles. The molecule has 0 saturated heterocycles. The summed E-state index contributed by atoms with van der Waals surface area (Å²) in [7, 11) is 0. The van der Waals surface area contributed by atoms with Gasteiger partial charge in [0.25, 0.3) is 0 Å². The van der Waals surface area contributed by atoms with Gasteiger partial charge in [-0.3, -0.25) is 0 Å². The highest BCUT2D eigenvalue weighted by atomic mass is 19.1. The number of hydrogen-bond acceptors (Lipinski definition) is 1. The largest absolute Gasteiger partial charge is 0.388 e. The second kappa shape index (κ2) is 4.28. The fourth-order valence-electron chi connectivity index (χ4n) is 6.20. The van der Waals surface area contributed by atoms with Crippen molar-refractivity contribution in [3.63, 3.8) is 0 Å². The van der Waals surface area contributed by atoms with Crippen molar-refractivity contribution in [3.05, 3.63) is 35.4 Å². The maximum absolute atomic E-state index is 14.1. The Kier molecular flexibility index (Phi) is 2.79. The summed E-state index contributed by atoms with van der Waals surface area (Å²) in [6.07, 6.45) is 5.42. The first-order chi connectivity index (χ1) is 9.91. The average Bonchev–Trinajstić information content (AvgIpc) is 2.35. The van der Waals surface area contributed by atoms with E-state index in [2.05, 4.69) is 6.92 Å². The molecular formula is C18H22F2O. The van der Waals surface area contributed by atoms with Gasteiger partial charge >= 0.3 is 0 Å². The zero-order valence-corrected chi connectivity index (χ0v) is 12.4. The molecule has 3 atom stereocenters. The van der Waals surface area contributed by atoms with Crippen LogP contribution in [0, 0.1) is 34.3 Å². The van der Waals surface area contributed by atoms with Crippen molar-refractivity contribution in [1.29, 1.82) is 0 Å². The molecule has 4 aliphatic rings. The molecule has 0 spiro atoms. The van der Waals surface area contributed by atoms with Crippen LogP contribution >= 0.6 is 0 Å². The van der Waals surface area contributed by atoms with E-state index in [1.54, 1.807) is 0 Å². The van der Waals surface area contributed by atoms with E-state index in [0.29, 0.717) is 11.8 Å². The van der Waals surface area contributed by atoms with Crippen LogP contribution in [0.15, 0.2) is 18.2 Å². The Morgan fingerprint density at radius 1 is 1.10 bits per heavy atom. The lowest BCUT2D eigenvalue weighted by atomic mass is 9.43. The Morgan fingerprint density at radius 2 is 1.67 bits per heavy atom. The molecule has 4 saturated carbocycles. The summed E-state index contributed by atoms with van der Waals surface area (Å²) in [5, 5.41) is 10.9. The quantitative estimate of drug-likeness (QED) is 0.844. The summed E-state index contributed by atoms with van der Waals surface area (Å²) in [4.78, 5) is 0. The lowest BCUT2D eigenvalue weighted by molar-refractivity contribution is -0.156. The van der Waals surface area contributed by atoms with E-state index in [9.17, 15) is 13.9 Å². The Bertz CT molecular complexity index is 548. The number of hydrogen-bond donors (Lipinski definition) is 1. The molecule has 3 unspecified atom stereocenters. The van der Waals surface area contributed by atoms with Gasteiger partial charge in [0, 0.05) is 5.41 Å². The molecule has 0 heterocycles. The first-order valence-electron chi connectivity index (χ1n) is 8.03. The van der Waals surface area contributed by atoms with E-state index in [1.165, 1.54) is 37.5 Å². The van der Waals surface area contributed by atoms with Gasteiger partial charge in [0.1, 0.15) is 11.6 Å². The number of rotatable bonds is 2. The smallest absolute Gasteiger partial charge is 0.131 e. The molecule has 114 valence electrons. The molecule has 0 amide bonds. The van der Waals surface area contributed by atoms with Crippen LogP contribution in [0.1, 0.15) is 57.1 Å². The van der Waals surface area contributed by atoms with E-state index in [-0.39, 0.29) is 16.4 Å². The monoisotopic (exact) mass is 292 g/mol. The summed E-state index contributed by atoms with van der Waals surface area (Å²) in [5.74, 6) is 0.0354. The van der Waals surface area contributed by atoms with E-state index >= 15 is 0 Å². The molecule has 0 aliphatic heterocycles. The van der Waals surface area contributed by atoms with Gasteiger partial charge in [-0.15, -0.1) is 0 Å². The van der Waals surface area contributed by atoms with Gasteiger partial charge in [0.2, 0.25) is 0 Å². The Labute approximate surface area is 124 Å². The summed E-state index contributed by atoms with van der Waals surface area (Å²) in [6.45, 7) is 2.30.